The third-order valence-electron chi connectivity index (χ3n) is 4.39. The lowest BCUT2D eigenvalue weighted by Crippen LogP contribution is -2.50. The first-order chi connectivity index (χ1) is 13.4. The molecule has 0 bridgehead atoms. The van der Waals surface area contributed by atoms with Crippen LogP contribution in [0.25, 0.3) is 0 Å². The summed E-state index contributed by atoms with van der Waals surface area (Å²) < 4.78 is 38.8. The van der Waals surface area contributed by atoms with Gasteiger partial charge < -0.3 is 9.47 Å². The van der Waals surface area contributed by atoms with Gasteiger partial charge in [-0.3, -0.25) is 10.1 Å². The maximum Gasteiger partial charge on any atom is 0.289 e. The van der Waals surface area contributed by atoms with Crippen molar-refractivity contribution >= 4 is 15.7 Å². The van der Waals surface area contributed by atoms with E-state index in [0.717, 1.165) is 5.56 Å². The van der Waals surface area contributed by atoms with E-state index < -0.39 is 26.7 Å². The van der Waals surface area contributed by atoms with Crippen molar-refractivity contribution in [3.63, 3.8) is 0 Å². The molecule has 1 saturated heterocycles. The van der Waals surface area contributed by atoms with Gasteiger partial charge in [-0.25, -0.2) is 8.42 Å². The summed E-state index contributed by atoms with van der Waals surface area (Å²) >= 11 is 0. The number of ether oxygens (including phenoxy) is 2. The van der Waals surface area contributed by atoms with E-state index in [4.69, 9.17) is 9.47 Å². The first kappa shape index (κ1) is 20.4. The van der Waals surface area contributed by atoms with Crippen molar-refractivity contribution in [2.24, 2.45) is 0 Å². The predicted octanol–water partition coefficient (Wildman–Crippen LogP) is 2.59. The molecule has 1 fully saturated rings. The number of nitro benzene ring substituents is 1. The molecule has 2 atom stereocenters. The normalized spacial score (nSPS) is 20.8. The molecule has 1 heterocycles. The van der Waals surface area contributed by atoms with Crippen LogP contribution in [0.15, 0.2) is 59.5 Å². The summed E-state index contributed by atoms with van der Waals surface area (Å²) in [5, 5.41) is 11.2. The minimum absolute atomic E-state index is 0.0769. The van der Waals surface area contributed by atoms with Gasteiger partial charge in [-0.15, -0.1) is 0 Å². The summed E-state index contributed by atoms with van der Waals surface area (Å²) in [5.74, 6) is 0. The summed E-state index contributed by atoms with van der Waals surface area (Å²) in [6.45, 7) is 2.59. The van der Waals surface area contributed by atoms with Gasteiger partial charge in [0.25, 0.3) is 5.69 Å². The molecule has 0 unspecified atom stereocenters. The smallest absolute Gasteiger partial charge is 0.289 e. The maximum absolute atomic E-state index is 13.0. The molecule has 0 spiro atoms. The van der Waals surface area contributed by atoms with Crippen LogP contribution in [0.1, 0.15) is 12.5 Å². The largest absolute Gasteiger partial charge is 0.374 e. The lowest BCUT2D eigenvalue weighted by Gasteiger charge is -2.35. The summed E-state index contributed by atoms with van der Waals surface area (Å²) in [4.78, 5) is 10.2. The van der Waals surface area contributed by atoms with Gasteiger partial charge in [-0.05, 0) is 18.6 Å². The zero-order chi connectivity index (χ0) is 20.1. The molecule has 0 N–H and O–H groups in total. The van der Waals surface area contributed by atoms with Gasteiger partial charge in [-0.1, -0.05) is 42.5 Å². The SMILES string of the molecule is C[C@H]1CN(S(=O)(=O)c2ccccc2[N+](=O)[O-])C[C@H](COCc2ccccc2)O1. The van der Waals surface area contributed by atoms with E-state index in [1.165, 1.54) is 28.6 Å². The zero-order valence-corrected chi connectivity index (χ0v) is 16.2. The summed E-state index contributed by atoms with van der Waals surface area (Å²) in [7, 11) is -4.02. The van der Waals surface area contributed by atoms with E-state index in [0.29, 0.717) is 6.61 Å². The third kappa shape index (κ3) is 4.74. The Kier molecular flexibility index (Phi) is 6.40. The van der Waals surface area contributed by atoms with Crippen molar-refractivity contribution in [3.8, 4) is 0 Å². The Morgan fingerprint density at radius 3 is 2.54 bits per heavy atom. The Balaban J connectivity index is 1.70. The van der Waals surface area contributed by atoms with Crippen LogP contribution in [0.4, 0.5) is 5.69 Å². The molecule has 1 aliphatic heterocycles. The highest BCUT2D eigenvalue weighted by Crippen LogP contribution is 2.28. The number of morpholine rings is 1. The fourth-order valence-corrected chi connectivity index (χ4v) is 4.84. The molecule has 150 valence electrons. The first-order valence-corrected chi connectivity index (χ1v) is 10.3. The standard InChI is InChI=1S/C19H22N2O6S/c1-15-11-20(28(24,25)19-10-6-5-9-18(19)21(22)23)12-17(27-15)14-26-13-16-7-3-2-4-8-16/h2-10,15,17H,11-14H2,1H3/t15-,17+/m0/s1. The van der Waals surface area contributed by atoms with E-state index >= 15 is 0 Å². The molecule has 0 aliphatic carbocycles. The minimum Gasteiger partial charge on any atom is -0.374 e. The van der Waals surface area contributed by atoms with E-state index in [9.17, 15) is 18.5 Å². The van der Waals surface area contributed by atoms with E-state index in [1.807, 2.05) is 30.3 Å². The van der Waals surface area contributed by atoms with Crippen molar-refractivity contribution in [1.82, 2.24) is 4.31 Å². The van der Waals surface area contributed by atoms with Gasteiger partial charge in [0.2, 0.25) is 10.0 Å². The third-order valence-corrected chi connectivity index (χ3v) is 6.27. The second-order valence-electron chi connectivity index (χ2n) is 6.62. The van der Waals surface area contributed by atoms with Crippen LogP contribution < -0.4 is 0 Å². The summed E-state index contributed by atoms with van der Waals surface area (Å²) in [6, 6.07) is 15.0. The fourth-order valence-electron chi connectivity index (χ4n) is 3.14. The highest BCUT2D eigenvalue weighted by molar-refractivity contribution is 7.89. The van der Waals surface area contributed by atoms with Gasteiger partial charge in [0, 0.05) is 19.2 Å². The lowest BCUT2D eigenvalue weighted by molar-refractivity contribution is -0.387. The number of rotatable bonds is 7. The molecule has 0 radical (unpaired) electrons. The number of hydrogen-bond acceptors (Lipinski definition) is 6. The van der Waals surface area contributed by atoms with Crippen molar-refractivity contribution in [1.29, 1.82) is 0 Å². The molecular formula is C19H22N2O6S. The fraction of sp³-hybridized carbons (Fsp3) is 0.368. The molecule has 1 aliphatic rings. The molecule has 3 rings (SSSR count). The van der Waals surface area contributed by atoms with Gasteiger partial charge in [-0.2, -0.15) is 4.31 Å². The molecule has 0 aromatic heterocycles. The quantitative estimate of drug-likeness (QED) is 0.518. The Morgan fingerprint density at radius 2 is 1.82 bits per heavy atom. The number of nitro groups is 1. The Labute approximate surface area is 163 Å². The number of nitrogens with zero attached hydrogens (tertiary/aromatic N) is 2. The van der Waals surface area contributed by atoms with Gasteiger partial charge >= 0.3 is 0 Å². The second kappa shape index (κ2) is 8.78. The van der Waals surface area contributed by atoms with E-state index in [1.54, 1.807) is 6.92 Å². The molecule has 8 nitrogen and oxygen atoms in total. The van der Waals surface area contributed by atoms with Crippen molar-refractivity contribution in [2.45, 2.75) is 30.6 Å². The van der Waals surface area contributed by atoms with Crippen molar-refractivity contribution in [2.75, 3.05) is 19.7 Å². The molecule has 2 aromatic carbocycles. The Hall–Kier alpha value is -2.33. The summed E-state index contributed by atoms with van der Waals surface area (Å²) in [5.41, 5.74) is 0.578. The van der Waals surface area contributed by atoms with Crippen molar-refractivity contribution < 1.29 is 22.8 Å². The summed E-state index contributed by atoms with van der Waals surface area (Å²) in [6.07, 6.45) is -0.804. The molecule has 0 amide bonds. The average Bonchev–Trinajstić information content (AvgIpc) is 2.68. The molecule has 0 saturated carbocycles. The van der Waals surface area contributed by atoms with Crippen LogP contribution in [0.3, 0.4) is 0 Å². The zero-order valence-electron chi connectivity index (χ0n) is 15.4. The van der Waals surface area contributed by atoms with Crippen LogP contribution in [-0.4, -0.2) is 49.6 Å². The average molecular weight is 406 g/mol. The van der Waals surface area contributed by atoms with Crippen molar-refractivity contribution in [3.05, 3.63) is 70.3 Å². The number of benzene rings is 2. The molecule has 28 heavy (non-hydrogen) atoms. The monoisotopic (exact) mass is 406 g/mol. The second-order valence-corrected chi connectivity index (χ2v) is 8.52. The van der Waals surface area contributed by atoms with E-state index in [-0.39, 0.29) is 30.7 Å². The van der Waals surface area contributed by atoms with Crippen LogP contribution >= 0.6 is 0 Å². The Bertz CT molecular complexity index is 919. The molecular weight excluding hydrogens is 384 g/mol. The van der Waals surface area contributed by atoms with Crippen LogP contribution in [-0.2, 0) is 26.1 Å². The van der Waals surface area contributed by atoms with Crippen LogP contribution in [0, 0.1) is 10.1 Å². The highest BCUT2D eigenvalue weighted by Gasteiger charge is 2.37. The highest BCUT2D eigenvalue weighted by atomic mass is 32.2. The Morgan fingerprint density at radius 1 is 1.14 bits per heavy atom. The minimum atomic E-state index is -4.02. The number of hydrogen-bond donors (Lipinski definition) is 0. The number of sulfonamides is 1. The lowest BCUT2D eigenvalue weighted by atomic mass is 10.2. The van der Waals surface area contributed by atoms with Gasteiger partial charge in [0.1, 0.15) is 0 Å². The predicted molar refractivity (Wildman–Crippen MR) is 102 cm³/mol. The van der Waals surface area contributed by atoms with Gasteiger partial charge in [0.05, 0.1) is 30.3 Å². The maximum atomic E-state index is 13.0. The molecule has 9 heteroatoms. The van der Waals surface area contributed by atoms with E-state index in [2.05, 4.69) is 0 Å². The number of para-hydroxylation sites is 1. The van der Waals surface area contributed by atoms with Crippen LogP contribution in [0.2, 0.25) is 0 Å². The first-order valence-electron chi connectivity index (χ1n) is 8.88. The molecule has 2 aromatic rings. The van der Waals surface area contributed by atoms with Gasteiger partial charge in [0.15, 0.2) is 4.90 Å². The topological polar surface area (TPSA) is 99.0 Å². The van der Waals surface area contributed by atoms with Crippen LogP contribution in [0.5, 0.6) is 0 Å².